The van der Waals surface area contributed by atoms with Gasteiger partial charge in [-0.05, 0) is 33.6 Å². The number of carboxylic acid groups (broad SMARTS) is 1. The lowest BCUT2D eigenvalue weighted by molar-refractivity contribution is -0.141. The molecule has 1 aliphatic heterocycles. The summed E-state index contributed by atoms with van der Waals surface area (Å²) < 4.78 is 10.9. The van der Waals surface area contributed by atoms with Gasteiger partial charge >= 0.3 is 12.1 Å². The first-order valence-electron chi connectivity index (χ1n) is 6.62. The van der Waals surface area contributed by atoms with Crippen LogP contribution in [-0.4, -0.2) is 53.0 Å². The average molecular weight is 271 g/mol. The van der Waals surface area contributed by atoms with Crippen LogP contribution in [0.3, 0.4) is 0 Å². The zero-order valence-corrected chi connectivity index (χ0v) is 11.6. The highest BCUT2D eigenvalue weighted by molar-refractivity contribution is 5.72. The Morgan fingerprint density at radius 2 is 2.00 bits per heavy atom. The highest BCUT2D eigenvalue weighted by atomic mass is 16.6. The first-order chi connectivity index (χ1) is 8.78. The van der Waals surface area contributed by atoms with E-state index in [0.717, 1.165) is 0 Å². The van der Waals surface area contributed by atoms with Gasteiger partial charge in [-0.2, -0.15) is 0 Å². The van der Waals surface area contributed by atoms with Crippen molar-refractivity contribution in [3.05, 3.63) is 0 Å². The molecular weight excluding hydrogens is 250 g/mol. The van der Waals surface area contributed by atoms with Crippen molar-refractivity contribution in [1.82, 2.24) is 4.90 Å². The predicted molar refractivity (Wildman–Crippen MR) is 66.8 cm³/mol. The fourth-order valence-electron chi connectivity index (χ4n) is 2.70. The Morgan fingerprint density at radius 3 is 2.58 bits per heavy atom. The van der Waals surface area contributed by atoms with Gasteiger partial charge in [0.1, 0.15) is 5.60 Å². The van der Waals surface area contributed by atoms with Gasteiger partial charge in [0.15, 0.2) is 0 Å². The van der Waals surface area contributed by atoms with Crippen LogP contribution in [0.1, 0.15) is 33.6 Å². The Balaban J connectivity index is 2.05. The minimum Gasteiger partial charge on any atom is -0.481 e. The number of carboxylic acids is 1. The monoisotopic (exact) mass is 271 g/mol. The summed E-state index contributed by atoms with van der Waals surface area (Å²) in [6.45, 7) is 6.35. The zero-order chi connectivity index (χ0) is 14.2. The number of aliphatic carboxylic acids is 1. The summed E-state index contributed by atoms with van der Waals surface area (Å²) in [6, 6.07) is -0.176. The molecule has 0 aromatic heterocycles. The fraction of sp³-hybridized carbons (Fsp3) is 0.846. The van der Waals surface area contributed by atoms with Gasteiger partial charge < -0.3 is 19.5 Å². The van der Waals surface area contributed by atoms with Crippen molar-refractivity contribution < 1.29 is 24.2 Å². The first-order valence-corrected chi connectivity index (χ1v) is 6.62. The Kier molecular flexibility index (Phi) is 3.71. The largest absolute Gasteiger partial charge is 0.481 e. The second-order valence-corrected chi connectivity index (χ2v) is 6.16. The fourth-order valence-corrected chi connectivity index (χ4v) is 2.70. The van der Waals surface area contributed by atoms with Gasteiger partial charge in [0.25, 0.3) is 0 Å². The molecule has 0 bridgehead atoms. The lowest BCUT2D eigenvalue weighted by Gasteiger charge is -2.38. The van der Waals surface area contributed by atoms with E-state index >= 15 is 0 Å². The van der Waals surface area contributed by atoms with Crippen molar-refractivity contribution in [1.29, 1.82) is 0 Å². The molecule has 0 aromatic rings. The molecule has 19 heavy (non-hydrogen) atoms. The third-order valence-electron chi connectivity index (χ3n) is 3.51. The summed E-state index contributed by atoms with van der Waals surface area (Å²) in [7, 11) is 0. The molecule has 0 radical (unpaired) electrons. The van der Waals surface area contributed by atoms with Crippen molar-refractivity contribution in [3.63, 3.8) is 0 Å². The molecule has 0 spiro atoms. The van der Waals surface area contributed by atoms with Crippen LogP contribution >= 0.6 is 0 Å². The maximum Gasteiger partial charge on any atom is 0.410 e. The number of fused-ring (bicyclic) bond motifs is 1. The van der Waals surface area contributed by atoms with Crippen LogP contribution in [-0.2, 0) is 14.3 Å². The number of ether oxygens (including phenoxy) is 2. The normalized spacial score (nSPS) is 30.9. The molecule has 3 unspecified atom stereocenters. The minimum absolute atomic E-state index is 0.176. The summed E-state index contributed by atoms with van der Waals surface area (Å²) >= 11 is 0. The van der Waals surface area contributed by atoms with Gasteiger partial charge in [0.2, 0.25) is 0 Å². The molecule has 1 saturated carbocycles. The van der Waals surface area contributed by atoms with E-state index in [9.17, 15) is 9.59 Å². The van der Waals surface area contributed by atoms with E-state index in [1.54, 1.807) is 4.90 Å². The van der Waals surface area contributed by atoms with E-state index in [4.69, 9.17) is 14.6 Å². The molecule has 3 atom stereocenters. The molecule has 2 rings (SSSR count). The maximum absolute atomic E-state index is 12.1. The van der Waals surface area contributed by atoms with Crippen molar-refractivity contribution in [3.8, 4) is 0 Å². The molecule has 1 aliphatic carbocycles. The van der Waals surface area contributed by atoms with Crippen molar-refractivity contribution in [2.45, 2.75) is 51.4 Å². The second kappa shape index (κ2) is 5.00. The van der Waals surface area contributed by atoms with Gasteiger partial charge in [0, 0.05) is 6.54 Å². The number of hydrogen-bond acceptors (Lipinski definition) is 4. The molecule has 6 nitrogen and oxygen atoms in total. The maximum atomic E-state index is 12.1. The quantitative estimate of drug-likeness (QED) is 0.782. The molecule has 1 amide bonds. The Morgan fingerprint density at radius 1 is 1.32 bits per heavy atom. The number of rotatable bonds is 1. The number of carbonyl (C=O) groups excluding carboxylic acids is 1. The first kappa shape index (κ1) is 14.1. The Bertz CT molecular complexity index is 376. The summed E-state index contributed by atoms with van der Waals surface area (Å²) in [5.74, 6) is -1.25. The predicted octanol–water partition coefficient (Wildman–Crippen LogP) is 1.49. The van der Waals surface area contributed by atoms with E-state index < -0.39 is 17.5 Å². The third-order valence-corrected chi connectivity index (χ3v) is 3.51. The second-order valence-electron chi connectivity index (χ2n) is 6.16. The van der Waals surface area contributed by atoms with E-state index in [1.165, 1.54) is 0 Å². The number of carbonyl (C=O) groups is 2. The molecule has 0 aromatic carbocycles. The Labute approximate surface area is 112 Å². The molecule has 2 aliphatic rings. The number of hydrogen-bond donors (Lipinski definition) is 1. The smallest absolute Gasteiger partial charge is 0.410 e. The summed E-state index contributed by atoms with van der Waals surface area (Å²) in [5, 5.41) is 9.08. The summed E-state index contributed by atoms with van der Waals surface area (Å²) in [6.07, 6.45) is 0.359. The third kappa shape index (κ3) is 3.18. The number of morpholine rings is 1. The molecule has 1 heterocycles. The SMILES string of the molecule is CC(C)(C)OC(=O)N1CCOC2CC(C(=O)O)CC21. The molecule has 6 heteroatoms. The van der Waals surface area contributed by atoms with Crippen LogP contribution in [0.15, 0.2) is 0 Å². The molecule has 1 saturated heterocycles. The highest BCUT2D eigenvalue weighted by Gasteiger charge is 2.46. The lowest BCUT2D eigenvalue weighted by atomic mass is 10.1. The van der Waals surface area contributed by atoms with Crippen molar-refractivity contribution >= 4 is 12.1 Å². The number of nitrogens with zero attached hydrogens (tertiary/aromatic N) is 1. The van der Waals surface area contributed by atoms with Gasteiger partial charge in [-0.15, -0.1) is 0 Å². The van der Waals surface area contributed by atoms with Crippen LogP contribution in [0, 0.1) is 5.92 Å². The van der Waals surface area contributed by atoms with E-state index in [0.29, 0.717) is 26.0 Å². The van der Waals surface area contributed by atoms with Crippen LogP contribution in [0.4, 0.5) is 4.79 Å². The lowest BCUT2D eigenvalue weighted by Crippen LogP contribution is -2.52. The van der Waals surface area contributed by atoms with Crippen LogP contribution in [0.5, 0.6) is 0 Å². The van der Waals surface area contributed by atoms with Crippen LogP contribution < -0.4 is 0 Å². The molecular formula is C13H21NO5. The van der Waals surface area contributed by atoms with Crippen LogP contribution in [0.25, 0.3) is 0 Å². The van der Waals surface area contributed by atoms with Gasteiger partial charge in [0.05, 0.1) is 24.7 Å². The molecule has 108 valence electrons. The van der Waals surface area contributed by atoms with Gasteiger partial charge in [-0.25, -0.2) is 4.79 Å². The summed E-state index contributed by atoms with van der Waals surface area (Å²) in [4.78, 5) is 24.8. The zero-order valence-electron chi connectivity index (χ0n) is 11.6. The minimum atomic E-state index is -0.817. The van der Waals surface area contributed by atoms with Gasteiger partial charge in [-0.3, -0.25) is 4.79 Å². The van der Waals surface area contributed by atoms with E-state index in [-0.39, 0.29) is 18.2 Å². The standard InChI is InChI=1S/C13H21NO5/c1-13(2,3)19-12(17)14-4-5-18-10-7-8(11(15)16)6-9(10)14/h8-10H,4-7H2,1-3H3,(H,15,16). The van der Waals surface area contributed by atoms with Crippen LogP contribution in [0.2, 0.25) is 0 Å². The van der Waals surface area contributed by atoms with E-state index in [2.05, 4.69) is 0 Å². The highest BCUT2D eigenvalue weighted by Crippen LogP contribution is 2.35. The van der Waals surface area contributed by atoms with Gasteiger partial charge in [-0.1, -0.05) is 0 Å². The number of amides is 1. The topological polar surface area (TPSA) is 76.1 Å². The average Bonchev–Trinajstić information content (AvgIpc) is 2.69. The molecule has 2 fully saturated rings. The Hall–Kier alpha value is -1.30. The van der Waals surface area contributed by atoms with Crippen molar-refractivity contribution in [2.24, 2.45) is 5.92 Å². The summed E-state index contributed by atoms with van der Waals surface area (Å²) in [5.41, 5.74) is -0.546. The van der Waals surface area contributed by atoms with E-state index in [1.807, 2.05) is 20.8 Å². The van der Waals surface area contributed by atoms with Crippen molar-refractivity contribution in [2.75, 3.05) is 13.2 Å². The molecule has 1 N–H and O–H groups in total.